The van der Waals surface area contributed by atoms with E-state index in [0.29, 0.717) is 19.6 Å². The highest BCUT2D eigenvalue weighted by molar-refractivity contribution is 5.90. The third kappa shape index (κ3) is 6.99. The molecule has 0 aliphatic rings. The molecule has 5 heteroatoms. The molecule has 3 N–H and O–H groups in total. The molecule has 0 fully saturated rings. The number of aliphatic hydroxyl groups is 1. The molecule has 0 aliphatic carbocycles. The Morgan fingerprint density at radius 3 is 2.81 bits per heavy atom. The van der Waals surface area contributed by atoms with Crippen LogP contribution >= 0.6 is 0 Å². The number of nitrogens with one attached hydrogen (secondary N) is 2. The third-order valence-electron chi connectivity index (χ3n) is 3.06. The van der Waals surface area contributed by atoms with Gasteiger partial charge in [-0.3, -0.25) is 0 Å². The fourth-order valence-corrected chi connectivity index (χ4v) is 1.76. The molecule has 1 atom stereocenters. The highest BCUT2D eigenvalue weighted by Crippen LogP contribution is 2.21. The standard InChI is InChI=1S/C16H26N2O3/c1-4-5-10-21-14-6-7-15(12(2)11-14)18-16(20)17-9-8-13(3)19/h6-7,11,13,19H,4-5,8-10H2,1-3H3,(H2,17,18,20). The normalized spacial score (nSPS) is 11.8. The van der Waals surface area contributed by atoms with Crippen molar-refractivity contribution in [3.63, 3.8) is 0 Å². The maximum Gasteiger partial charge on any atom is 0.319 e. The number of aliphatic hydroxyl groups excluding tert-OH is 1. The molecular weight excluding hydrogens is 268 g/mol. The van der Waals surface area contributed by atoms with Crippen molar-refractivity contribution >= 4 is 11.7 Å². The fraction of sp³-hybridized carbons (Fsp3) is 0.562. The van der Waals surface area contributed by atoms with Gasteiger partial charge in [0.1, 0.15) is 5.75 Å². The second-order valence-corrected chi connectivity index (χ2v) is 5.20. The van der Waals surface area contributed by atoms with Crippen molar-refractivity contribution in [2.24, 2.45) is 0 Å². The maximum atomic E-state index is 11.7. The van der Waals surface area contributed by atoms with Gasteiger partial charge in [0.15, 0.2) is 0 Å². The van der Waals surface area contributed by atoms with E-state index in [4.69, 9.17) is 9.84 Å². The van der Waals surface area contributed by atoms with Gasteiger partial charge in [0.05, 0.1) is 12.7 Å². The van der Waals surface area contributed by atoms with Crippen molar-refractivity contribution in [2.75, 3.05) is 18.5 Å². The molecule has 0 aliphatic heterocycles. The van der Waals surface area contributed by atoms with E-state index in [2.05, 4.69) is 17.6 Å². The summed E-state index contributed by atoms with van der Waals surface area (Å²) in [6.45, 7) is 6.90. The van der Waals surface area contributed by atoms with Crippen molar-refractivity contribution < 1.29 is 14.6 Å². The number of carbonyl (C=O) groups is 1. The van der Waals surface area contributed by atoms with Gasteiger partial charge in [0.25, 0.3) is 0 Å². The van der Waals surface area contributed by atoms with E-state index in [1.165, 1.54) is 0 Å². The second kappa shape index (κ2) is 9.23. The molecule has 1 unspecified atom stereocenters. The molecule has 1 aromatic rings. The predicted octanol–water partition coefficient (Wildman–Crippen LogP) is 3.07. The Balaban J connectivity index is 2.46. The Labute approximate surface area is 126 Å². The molecule has 21 heavy (non-hydrogen) atoms. The smallest absolute Gasteiger partial charge is 0.319 e. The Morgan fingerprint density at radius 2 is 2.19 bits per heavy atom. The first-order valence-corrected chi connectivity index (χ1v) is 7.49. The summed E-state index contributed by atoms with van der Waals surface area (Å²) >= 11 is 0. The zero-order chi connectivity index (χ0) is 15.7. The fourth-order valence-electron chi connectivity index (χ4n) is 1.76. The molecule has 118 valence electrons. The van der Waals surface area contributed by atoms with Crippen LogP contribution in [0.3, 0.4) is 0 Å². The van der Waals surface area contributed by atoms with Crippen LogP contribution in [0.25, 0.3) is 0 Å². The molecule has 5 nitrogen and oxygen atoms in total. The molecule has 2 amide bonds. The highest BCUT2D eigenvalue weighted by atomic mass is 16.5. The van der Waals surface area contributed by atoms with Gasteiger partial charge in [-0.2, -0.15) is 0 Å². The molecule has 0 radical (unpaired) electrons. The van der Waals surface area contributed by atoms with Crippen LogP contribution in [0.5, 0.6) is 5.75 Å². The summed E-state index contributed by atoms with van der Waals surface area (Å²) in [5, 5.41) is 14.6. The molecule has 0 bridgehead atoms. The van der Waals surface area contributed by atoms with Crippen LogP contribution in [0.2, 0.25) is 0 Å². The lowest BCUT2D eigenvalue weighted by molar-refractivity contribution is 0.184. The minimum Gasteiger partial charge on any atom is -0.494 e. The minimum atomic E-state index is -0.411. The Morgan fingerprint density at radius 1 is 1.43 bits per heavy atom. The molecule has 0 spiro atoms. The number of amides is 2. The number of aryl methyl sites for hydroxylation is 1. The van der Waals surface area contributed by atoms with Gasteiger partial charge >= 0.3 is 6.03 Å². The summed E-state index contributed by atoms with van der Waals surface area (Å²) in [5.74, 6) is 0.820. The summed E-state index contributed by atoms with van der Waals surface area (Å²) in [4.78, 5) is 11.7. The number of urea groups is 1. The SMILES string of the molecule is CCCCOc1ccc(NC(=O)NCCC(C)O)c(C)c1. The van der Waals surface area contributed by atoms with Crippen molar-refractivity contribution in [3.05, 3.63) is 23.8 Å². The monoisotopic (exact) mass is 294 g/mol. The second-order valence-electron chi connectivity index (χ2n) is 5.20. The number of hydrogen-bond acceptors (Lipinski definition) is 3. The number of ether oxygens (including phenoxy) is 1. The lowest BCUT2D eigenvalue weighted by atomic mass is 10.2. The molecule has 1 rings (SSSR count). The van der Waals surface area contributed by atoms with E-state index in [0.717, 1.165) is 29.8 Å². The highest BCUT2D eigenvalue weighted by Gasteiger charge is 2.06. The first kappa shape index (κ1) is 17.3. The summed E-state index contributed by atoms with van der Waals surface area (Å²) in [6.07, 6.45) is 2.26. The van der Waals surface area contributed by atoms with Gasteiger partial charge in [-0.15, -0.1) is 0 Å². The van der Waals surface area contributed by atoms with Gasteiger partial charge in [-0.25, -0.2) is 4.79 Å². The average molecular weight is 294 g/mol. The third-order valence-corrected chi connectivity index (χ3v) is 3.06. The van der Waals surface area contributed by atoms with E-state index in [-0.39, 0.29) is 6.03 Å². The van der Waals surface area contributed by atoms with Gasteiger partial charge in [0, 0.05) is 12.2 Å². The quantitative estimate of drug-likeness (QED) is 0.645. The summed E-state index contributed by atoms with van der Waals surface area (Å²) in [7, 11) is 0. The number of unbranched alkanes of at least 4 members (excludes halogenated alkanes) is 1. The van der Waals surface area contributed by atoms with Gasteiger partial charge in [-0.05, 0) is 50.5 Å². The van der Waals surface area contributed by atoms with E-state index in [9.17, 15) is 4.79 Å². The van der Waals surface area contributed by atoms with Crippen LogP contribution < -0.4 is 15.4 Å². The number of hydrogen-bond donors (Lipinski definition) is 3. The van der Waals surface area contributed by atoms with Crippen molar-refractivity contribution in [1.82, 2.24) is 5.32 Å². The van der Waals surface area contributed by atoms with Crippen molar-refractivity contribution in [3.8, 4) is 5.75 Å². The van der Waals surface area contributed by atoms with Crippen LogP contribution in [-0.4, -0.2) is 30.4 Å². The lowest BCUT2D eigenvalue weighted by Crippen LogP contribution is -2.31. The molecule has 0 saturated carbocycles. The first-order chi connectivity index (χ1) is 10.0. The molecule has 0 saturated heterocycles. The average Bonchev–Trinajstić information content (AvgIpc) is 2.41. The van der Waals surface area contributed by atoms with E-state index in [1.54, 1.807) is 6.92 Å². The van der Waals surface area contributed by atoms with Gasteiger partial charge in [-0.1, -0.05) is 13.3 Å². The molecular formula is C16H26N2O3. The van der Waals surface area contributed by atoms with Crippen LogP contribution in [-0.2, 0) is 0 Å². The Bertz CT molecular complexity index is 447. The van der Waals surface area contributed by atoms with E-state index < -0.39 is 6.10 Å². The zero-order valence-electron chi connectivity index (χ0n) is 13.1. The summed E-state index contributed by atoms with van der Waals surface area (Å²) in [6, 6.07) is 5.35. The van der Waals surface area contributed by atoms with Crippen LogP contribution in [0, 0.1) is 6.92 Å². The minimum absolute atomic E-state index is 0.265. The van der Waals surface area contributed by atoms with E-state index in [1.807, 2.05) is 25.1 Å². The maximum absolute atomic E-state index is 11.7. The lowest BCUT2D eigenvalue weighted by Gasteiger charge is -2.12. The number of benzene rings is 1. The van der Waals surface area contributed by atoms with Gasteiger partial charge < -0.3 is 20.5 Å². The molecule has 0 heterocycles. The Kier molecular flexibility index (Phi) is 7.61. The van der Waals surface area contributed by atoms with Gasteiger partial charge in [0.2, 0.25) is 0 Å². The largest absolute Gasteiger partial charge is 0.494 e. The van der Waals surface area contributed by atoms with E-state index >= 15 is 0 Å². The van der Waals surface area contributed by atoms with Crippen LogP contribution in [0.4, 0.5) is 10.5 Å². The zero-order valence-corrected chi connectivity index (χ0v) is 13.1. The topological polar surface area (TPSA) is 70.6 Å². The number of carbonyl (C=O) groups excluding carboxylic acids is 1. The predicted molar refractivity (Wildman–Crippen MR) is 84.9 cm³/mol. The van der Waals surface area contributed by atoms with Crippen LogP contribution in [0.1, 0.15) is 38.7 Å². The summed E-state index contributed by atoms with van der Waals surface area (Å²) < 4.78 is 5.62. The number of rotatable bonds is 8. The molecule has 0 aromatic heterocycles. The Hall–Kier alpha value is -1.75. The first-order valence-electron chi connectivity index (χ1n) is 7.49. The van der Waals surface area contributed by atoms with Crippen molar-refractivity contribution in [2.45, 2.75) is 46.1 Å². The summed E-state index contributed by atoms with van der Waals surface area (Å²) in [5.41, 5.74) is 1.71. The van der Waals surface area contributed by atoms with Crippen molar-refractivity contribution in [1.29, 1.82) is 0 Å². The van der Waals surface area contributed by atoms with Crippen LogP contribution in [0.15, 0.2) is 18.2 Å². The number of anilines is 1. The molecule has 1 aromatic carbocycles.